The third-order valence-corrected chi connectivity index (χ3v) is 4.45. The third-order valence-electron chi connectivity index (χ3n) is 2.55. The molecule has 0 saturated carbocycles. The van der Waals surface area contributed by atoms with Crippen LogP contribution in [0, 0.1) is 0 Å². The lowest BCUT2D eigenvalue weighted by Gasteiger charge is -2.33. The molecular formula is C8H21Cl2N3O2S. The summed E-state index contributed by atoms with van der Waals surface area (Å²) < 4.78 is 24.8. The van der Waals surface area contributed by atoms with Crippen LogP contribution in [0.4, 0.5) is 0 Å². The van der Waals surface area contributed by atoms with E-state index in [4.69, 9.17) is 5.73 Å². The van der Waals surface area contributed by atoms with Crippen LogP contribution in [-0.2, 0) is 10.0 Å². The Morgan fingerprint density at radius 3 is 2.00 bits per heavy atom. The largest absolute Gasteiger partial charge is 0.329 e. The van der Waals surface area contributed by atoms with Crippen molar-refractivity contribution in [3.05, 3.63) is 0 Å². The molecule has 16 heavy (non-hydrogen) atoms. The van der Waals surface area contributed by atoms with E-state index in [9.17, 15) is 8.42 Å². The normalized spacial score (nSPS) is 18.6. The van der Waals surface area contributed by atoms with Gasteiger partial charge in [-0.15, -0.1) is 24.8 Å². The van der Waals surface area contributed by atoms with Gasteiger partial charge in [0, 0.05) is 32.7 Å². The number of hydrogen-bond donors (Lipinski definition) is 1. The van der Waals surface area contributed by atoms with Crippen molar-refractivity contribution in [3.8, 4) is 0 Å². The minimum Gasteiger partial charge on any atom is -0.329 e. The fraction of sp³-hybridized carbons (Fsp3) is 1.00. The molecule has 8 heteroatoms. The van der Waals surface area contributed by atoms with Crippen LogP contribution in [0.3, 0.4) is 0 Å². The highest BCUT2D eigenvalue weighted by Crippen LogP contribution is 2.06. The molecule has 0 aromatic carbocycles. The lowest BCUT2D eigenvalue weighted by Crippen LogP contribution is -2.49. The van der Waals surface area contributed by atoms with Gasteiger partial charge in [-0.1, -0.05) is 6.92 Å². The van der Waals surface area contributed by atoms with E-state index in [1.807, 2.05) is 0 Å². The van der Waals surface area contributed by atoms with Gasteiger partial charge in [0.25, 0.3) is 0 Å². The summed E-state index contributed by atoms with van der Waals surface area (Å²) in [5, 5.41) is 0. The zero-order valence-corrected chi connectivity index (χ0v) is 11.9. The second-order valence-electron chi connectivity index (χ2n) is 3.44. The van der Waals surface area contributed by atoms with Crippen LogP contribution >= 0.6 is 24.8 Å². The van der Waals surface area contributed by atoms with E-state index >= 15 is 0 Å². The topological polar surface area (TPSA) is 66.6 Å². The van der Waals surface area contributed by atoms with Crippen molar-refractivity contribution in [2.75, 3.05) is 45.0 Å². The summed E-state index contributed by atoms with van der Waals surface area (Å²) in [6.07, 6.45) is 0. The van der Waals surface area contributed by atoms with Gasteiger partial charge in [0.15, 0.2) is 0 Å². The van der Waals surface area contributed by atoms with E-state index in [2.05, 4.69) is 11.8 Å². The highest BCUT2D eigenvalue weighted by Gasteiger charge is 2.25. The van der Waals surface area contributed by atoms with Crippen LogP contribution in [0.15, 0.2) is 0 Å². The van der Waals surface area contributed by atoms with Crippen LogP contribution in [0.5, 0.6) is 0 Å². The van der Waals surface area contributed by atoms with Crippen molar-refractivity contribution in [1.82, 2.24) is 9.21 Å². The molecule has 1 saturated heterocycles. The van der Waals surface area contributed by atoms with Crippen molar-refractivity contribution in [1.29, 1.82) is 0 Å². The SMILES string of the molecule is CCN1CCN(S(=O)(=O)CCN)CC1.Cl.Cl. The van der Waals surface area contributed by atoms with Crippen LogP contribution in [0.25, 0.3) is 0 Å². The fourth-order valence-corrected chi connectivity index (χ4v) is 2.88. The number of nitrogens with two attached hydrogens (primary N) is 1. The molecule has 2 N–H and O–H groups in total. The average Bonchev–Trinajstić information content (AvgIpc) is 2.18. The van der Waals surface area contributed by atoms with E-state index < -0.39 is 10.0 Å². The zero-order chi connectivity index (χ0) is 10.6. The summed E-state index contributed by atoms with van der Waals surface area (Å²) in [6, 6.07) is 0. The maximum Gasteiger partial charge on any atom is 0.215 e. The number of hydrogen-bond acceptors (Lipinski definition) is 4. The number of rotatable bonds is 4. The predicted molar refractivity (Wildman–Crippen MR) is 71.0 cm³/mol. The van der Waals surface area contributed by atoms with E-state index in [0.29, 0.717) is 13.1 Å². The zero-order valence-electron chi connectivity index (χ0n) is 9.46. The number of piperazine rings is 1. The first-order chi connectivity index (χ1) is 6.60. The van der Waals surface area contributed by atoms with Gasteiger partial charge in [0.2, 0.25) is 10.0 Å². The van der Waals surface area contributed by atoms with Gasteiger partial charge >= 0.3 is 0 Å². The van der Waals surface area contributed by atoms with Gasteiger partial charge < -0.3 is 10.6 Å². The van der Waals surface area contributed by atoms with Crippen LogP contribution in [0.1, 0.15) is 6.92 Å². The molecular weight excluding hydrogens is 273 g/mol. The molecule has 1 aliphatic rings. The van der Waals surface area contributed by atoms with E-state index in [-0.39, 0.29) is 37.1 Å². The van der Waals surface area contributed by atoms with Gasteiger partial charge in [-0.05, 0) is 6.54 Å². The molecule has 0 atom stereocenters. The average molecular weight is 294 g/mol. The maximum absolute atomic E-state index is 11.6. The molecule has 1 rings (SSSR count). The third kappa shape index (κ3) is 5.16. The molecule has 0 radical (unpaired) electrons. The number of halogens is 2. The molecule has 1 heterocycles. The molecule has 1 aliphatic heterocycles. The molecule has 0 amide bonds. The Labute approximate surface area is 110 Å². The van der Waals surface area contributed by atoms with Gasteiger partial charge in [-0.25, -0.2) is 8.42 Å². The minimum absolute atomic E-state index is 0. The Balaban J connectivity index is 0. The molecule has 100 valence electrons. The lowest BCUT2D eigenvalue weighted by molar-refractivity contribution is 0.196. The molecule has 0 spiro atoms. The molecule has 1 fully saturated rings. The quantitative estimate of drug-likeness (QED) is 0.777. The predicted octanol–water partition coefficient (Wildman–Crippen LogP) is -0.244. The van der Waals surface area contributed by atoms with Gasteiger partial charge in [0.1, 0.15) is 0 Å². The first-order valence-electron chi connectivity index (χ1n) is 5.00. The van der Waals surface area contributed by atoms with Crippen molar-refractivity contribution < 1.29 is 8.42 Å². The molecule has 0 unspecified atom stereocenters. The Bertz CT molecular complexity index is 266. The van der Waals surface area contributed by atoms with E-state index in [1.54, 1.807) is 4.31 Å². The minimum atomic E-state index is -3.08. The van der Waals surface area contributed by atoms with Gasteiger partial charge in [-0.3, -0.25) is 0 Å². The van der Waals surface area contributed by atoms with Gasteiger partial charge in [0.05, 0.1) is 5.75 Å². The smallest absolute Gasteiger partial charge is 0.215 e. The van der Waals surface area contributed by atoms with E-state index in [0.717, 1.165) is 19.6 Å². The summed E-state index contributed by atoms with van der Waals surface area (Å²) in [7, 11) is -3.08. The summed E-state index contributed by atoms with van der Waals surface area (Å²) in [5.41, 5.74) is 5.26. The molecule has 0 aromatic heterocycles. The molecule has 0 aliphatic carbocycles. The Morgan fingerprint density at radius 2 is 1.62 bits per heavy atom. The second-order valence-corrected chi connectivity index (χ2v) is 5.53. The summed E-state index contributed by atoms with van der Waals surface area (Å²) in [4.78, 5) is 2.24. The lowest BCUT2D eigenvalue weighted by atomic mass is 10.4. The number of nitrogens with zero attached hydrogens (tertiary/aromatic N) is 2. The van der Waals surface area contributed by atoms with E-state index in [1.165, 1.54) is 0 Å². The Kier molecular flexibility index (Phi) is 9.96. The van der Waals surface area contributed by atoms with Gasteiger partial charge in [-0.2, -0.15) is 4.31 Å². The second kappa shape index (κ2) is 8.49. The Morgan fingerprint density at radius 1 is 1.12 bits per heavy atom. The van der Waals surface area contributed by atoms with Crippen LogP contribution in [0.2, 0.25) is 0 Å². The standard InChI is InChI=1S/C8H19N3O2S.2ClH/c1-2-10-4-6-11(7-5-10)14(12,13)8-3-9;;/h2-9H2,1H3;2*1H. The first kappa shape index (κ1) is 18.8. The van der Waals surface area contributed by atoms with Crippen molar-refractivity contribution in [2.45, 2.75) is 6.92 Å². The summed E-state index contributed by atoms with van der Waals surface area (Å²) in [5.74, 6) is 0.0686. The van der Waals surface area contributed by atoms with Crippen LogP contribution in [-0.4, -0.2) is 62.6 Å². The first-order valence-corrected chi connectivity index (χ1v) is 6.61. The summed E-state index contributed by atoms with van der Waals surface area (Å²) >= 11 is 0. The Hall–Kier alpha value is 0.410. The number of sulfonamides is 1. The van der Waals surface area contributed by atoms with Crippen molar-refractivity contribution >= 4 is 34.8 Å². The highest BCUT2D eigenvalue weighted by atomic mass is 35.5. The van der Waals surface area contributed by atoms with Crippen LogP contribution < -0.4 is 5.73 Å². The monoisotopic (exact) mass is 293 g/mol. The highest BCUT2D eigenvalue weighted by molar-refractivity contribution is 7.89. The number of likely N-dealkylation sites (N-methyl/N-ethyl adjacent to an activating group) is 1. The molecule has 0 aromatic rings. The van der Waals surface area contributed by atoms with Crippen molar-refractivity contribution in [3.63, 3.8) is 0 Å². The summed E-state index contributed by atoms with van der Waals surface area (Å²) in [6.45, 7) is 6.16. The fourth-order valence-electron chi connectivity index (χ4n) is 1.60. The molecule has 5 nitrogen and oxygen atoms in total. The molecule has 0 bridgehead atoms. The van der Waals surface area contributed by atoms with Crippen molar-refractivity contribution in [2.24, 2.45) is 5.73 Å². The maximum atomic E-state index is 11.6.